The third kappa shape index (κ3) is 3.73. The Morgan fingerprint density at radius 1 is 1.14 bits per heavy atom. The number of aryl methyl sites for hydroxylation is 2. The number of nitrogens with zero attached hydrogens (tertiary/aromatic N) is 2. The predicted molar refractivity (Wildman–Crippen MR) is 108 cm³/mol. The molecule has 0 unspecified atom stereocenters. The van der Waals surface area contributed by atoms with E-state index in [1.54, 1.807) is 43.4 Å². The second-order valence-electron chi connectivity index (χ2n) is 6.64. The monoisotopic (exact) mass is 391 g/mol. The number of rotatable bonds is 4. The van der Waals surface area contributed by atoms with E-state index in [-0.39, 0.29) is 12.2 Å². The van der Waals surface area contributed by atoms with Crippen molar-refractivity contribution in [2.24, 2.45) is 7.05 Å². The number of carbonyl (C=O) groups excluding carboxylic acids is 1. The summed E-state index contributed by atoms with van der Waals surface area (Å²) in [5.74, 6) is 0.00818. The van der Waals surface area contributed by atoms with Gasteiger partial charge in [0.05, 0.1) is 17.2 Å². The van der Waals surface area contributed by atoms with Crippen molar-refractivity contribution < 1.29 is 13.9 Å². The summed E-state index contributed by atoms with van der Waals surface area (Å²) in [6, 6.07) is 11.4. The number of hydrogen-bond acceptors (Lipinski definition) is 6. The minimum atomic E-state index is -0.443. The summed E-state index contributed by atoms with van der Waals surface area (Å²) in [6.07, 6.45) is 1.45. The van der Waals surface area contributed by atoms with Crippen molar-refractivity contribution in [3.8, 4) is 5.75 Å². The second-order valence-corrected chi connectivity index (χ2v) is 6.64. The number of hydrogen-bond donors (Lipinski definition) is 1. The Hall–Kier alpha value is -3.94. The fourth-order valence-electron chi connectivity index (χ4n) is 3.03. The largest absolute Gasteiger partial charge is 0.484 e. The van der Waals surface area contributed by atoms with Crippen molar-refractivity contribution in [2.75, 3.05) is 11.9 Å². The summed E-state index contributed by atoms with van der Waals surface area (Å²) >= 11 is 0. The van der Waals surface area contributed by atoms with E-state index in [4.69, 9.17) is 9.15 Å². The number of fused-ring (bicyclic) bond motifs is 2. The van der Waals surface area contributed by atoms with E-state index >= 15 is 0 Å². The normalized spacial score (nSPS) is 11.0. The van der Waals surface area contributed by atoms with Gasteiger partial charge >= 0.3 is 5.63 Å². The van der Waals surface area contributed by atoms with E-state index in [0.29, 0.717) is 27.9 Å². The summed E-state index contributed by atoms with van der Waals surface area (Å²) in [5, 5.41) is 3.90. The molecule has 4 aromatic rings. The number of benzene rings is 2. The molecule has 8 heteroatoms. The van der Waals surface area contributed by atoms with Gasteiger partial charge in [-0.25, -0.2) is 9.78 Å². The van der Waals surface area contributed by atoms with E-state index < -0.39 is 11.5 Å². The summed E-state index contributed by atoms with van der Waals surface area (Å²) in [4.78, 5) is 40.1. The molecule has 0 fully saturated rings. The van der Waals surface area contributed by atoms with Crippen LogP contribution in [-0.2, 0) is 11.8 Å². The molecule has 2 aromatic heterocycles. The van der Waals surface area contributed by atoms with Gasteiger partial charge in [-0.15, -0.1) is 0 Å². The van der Waals surface area contributed by atoms with Crippen LogP contribution in [0.4, 0.5) is 5.69 Å². The summed E-state index contributed by atoms with van der Waals surface area (Å²) in [7, 11) is 1.61. The van der Waals surface area contributed by atoms with Crippen LogP contribution in [0.1, 0.15) is 5.56 Å². The Kier molecular flexibility index (Phi) is 4.59. The van der Waals surface area contributed by atoms with Gasteiger partial charge in [-0.2, -0.15) is 0 Å². The highest BCUT2D eigenvalue weighted by atomic mass is 16.5. The van der Waals surface area contributed by atoms with E-state index in [9.17, 15) is 14.4 Å². The first kappa shape index (κ1) is 18.4. The van der Waals surface area contributed by atoms with Crippen molar-refractivity contribution in [1.29, 1.82) is 0 Å². The fourth-order valence-corrected chi connectivity index (χ4v) is 3.03. The molecule has 0 aliphatic rings. The van der Waals surface area contributed by atoms with Crippen LogP contribution in [0.15, 0.2) is 62.8 Å². The van der Waals surface area contributed by atoms with Crippen LogP contribution < -0.4 is 21.2 Å². The third-order valence-corrected chi connectivity index (χ3v) is 4.49. The van der Waals surface area contributed by atoms with Gasteiger partial charge in [-0.1, -0.05) is 0 Å². The van der Waals surface area contributed by atoms with Gasteiger partial charge in [0.25, 0.3) is 11.5 Å². The second kappa shape index (κ2) is 7.23. The average molecular weight is 391 g/mol. The van der Waals surface area contributed by atoms with Crippen LogP contribution in [0.2, 0.25) is 0 Å². The maximum absolute atomic E-state index is 12.2. The zero-order valence-electron chi connectivity index (χ0n) is 15.8. The number of nitrogens with one attached hydrogen (secondary N) is 1. The molecule has 0 aliphatic carbocycles. The zero-order chi connectivity index (χ0) is 20.5. The minimum absolute atomic E-state index is 0.199. The first-order chi connectivity index (χ1) is 13.9. The lowest BCUT2D eigenvalue weighted by molar-refractivity contribution is -0.118. The van der Waals surface area contributed by atoms with Crippen LogP contribution >= 0.6 is 0 Å². The highest BCUT2D eigenvalue weighted by Gasteiger charge is 2.09. The highest BCUT2D eigenvalue weighted by Crippen LogP contribution is 2.22. The van der Waals surface area contributed by atoms with Gasteiger partial charge in [-0.05, 0) is 42.8 Å². The van der Waals surface area contributed by atoms with Crippen molar-refractivity contribution in [3.63, 3.8) is 0 Å². The zero-order valence-corrected chi connectivity index (χ0v) is 15.8. The lowest BCUT2D eigenvalue weighted by Gasteiger charge is -2.09. The average Bonchev–Trinajstić information content (AvgIpc) is 2.69. The van der Waals surface area contributed by atoms with Gasteiger partial charge in [0.1, 0.15) is 11.3 Å². The number of aromatic nitrogens is 2. The molecule has 0 aliphatic heterocycles. The lowest BCUT2D eigenvalue weighted by Crippen LogP contribution is -2.21. The summed E-state index contributed by atoms with van der Waals surface area (Å²) < 4.78 is 12.1. The summed E-state index contributed by atoms with van der Waals surface area (Å²) in [5.41, 5.74) is 1.58. The Balaban J connectivity index is 1.48. The minimum Gasteiger partial charge on any atom is -0.484 e. The molecule has 0 radical (unpaired) electrons. The number of carbonyl (C=O) groups is 1. The molecule has 29 heavy (non-hydrogen) atoms. The van der Waals surface area contributed by atoms with Gasteiger partial charge in [0.15, 0.2) is 6.61 Å². The standard InChI is InChI=1S/C21H17N3O5/c1-12-7-20(26)29-18-9-14(4-5-15(12)18)28-10-19(25)23-13-3-6-17-16(8-13)21(27)24(2)11-22-17/h3-9,11H,10H2,1-2H3,(H,23,25). The van der Waals surface area contributed by atoms with Gasteiger partial charge < -0.3 is 19.0 Å². The maximum atomic E-state index is 12.2. The molecule has 1 amide bonds. The van der Waals surface area contributed by atoms with Crippen LogP contribution in [-0.4, -0.2) is 22.1 Å². The molecule has 2 heterocycles. The van der Waals surface area contributed by atoms with Gasteiger partial charge in [0, 0.05) is 30.3 Å². The van der Waals surface area contributed by atoms with E-state index in [0.717, 1.165) is 10.9 Å². The molecular formula is C21H17N3O5. The van der Waals surface area contributed by atoms with Crippen molar-refractivity contribution in [1.82, 2.24) is 9.55 Å². The van der Waals surface area contributed by atoms with Crippen molar-refractivity contribution >= 4 is 33.5 Å². The van der Waals surface area contributed by atoms with Gasteiger partial charge in [-0.3, -0.25) is 9.59 Å². The SMILES string of the molecule is Cc1cc(=O)oc2cc(OCC(=O)Nc3ccc4ncn(C)c(=O)c4c3)ccc12. The fraction of sp³-hybridized carbons (Fsp3) is 0.143. The number of ether oxygens (including phenoxy) is 1. The van der Waals surface area contributed by atoms with E-state index in [1.165, 1.54) is 17.0 Å². The Morgan fingerprint density at radius 2 is 1.97 bits per heavy atom. The Morgan fingerprint density at radius 3 is 2.79 bits per heavy atom. The van der Waals surface area contributed by atoms with Crippen LogP contribution in [0.5, 0.6) is 5.75 Å². The molecular weight excluding hydrogens is 374 g/mol. The third-order valence-electron chi connectivity index (χ3n) is 4.49. The number of amides is 1. The molecule has 0 bridgehead atoms. The molecule has 0 saturated heterocycles. The van der Waals surface area contributed by atoms with Gasteiger partial charge in [0.2, 0.25) is 0 Å². The molecule has 146 valence electrons. The first-order valence-corrected chi connectivity index (χ1v) is 8.83. The van der Waals surface area contributed by atoms with Crippen LogP contribution in [0.3, 0.4) is 0 Å². The lowest BCUT2D eigenvalue weighted by atomic mass is 10.1. The van der Waals surface area contributed by atoms with Crippen molar-refractivity contribution in [3.05, 3.63) is 75.1 Å². The van der Waals surface area contributed by atoms with E-state index in [1.807, 2.05) is 6.92 Å². The Labute approximate surface area is 164 Å². The van der Waals surface area contributed by atoms with Crippen LogP contribution in [0.25, 0.3) is 21.9 Å². The molecule has 2 aromatic carbocycles. The number of anilines is 1. The quantitative estimate of drug-likeness (QED) is 0.536. The molecule has 1 N–H and O–H groups in total. The van der Waals surface area contributed by atoms with Crippen LogP contribution in [0, 0.1) is 6.92 Å². The predicted octanol–water partition coefficient (Wildman–Crippen LogP) is 2.37. The Bertz CT molecular complexity index is 1370. The van der Waals surface area contributed by atoms with Crippen molar-refractivity contribution in [2.45, 2.75) is 6.92 Å². The molecule has 0 spiro atoms. The van der Waals surface area contributed by atoms with E-state index in [2.05, 4.69) is 10.3 Å². The first-order valence-electron chi connectivity index (χ1n) is 8.83. The smallest absolute Gasteiger partial charge is 0.336 e. The maximum Gasteiger partial charge on any atom is 0.336 e. The highest BCUT2D eigenvalue weighted by molar-refractivity contribution is 5.94. The topological polar surface area (TPSA) is 103 Å². The summed E-state index contributed by atoms with van der Waals surface area (Å²) in [6.45, 7) is 1.57. The molecule has 4 rings (SSSR count). The molecule has 0 saturated carbocycles. The molecule has 0 atom stereocenters. The molecule has 8 nitrogen and oxygen atoms in total.